The Labute approximate surface area is 73.3 Å². The van der Waals surface area contributed by atoms with Crippen LogP contribution in [-0.2, 0) is 0 Å². The number of carbonyl (C=O) groups is 2. The monoisotopic (exact) mass is 175 g/mol. The van der Waals surface area contributed by atoms with E-state index in [0.717, 1.165) is 0 Å². The molecule has 2 N–H and O–H groups in total. The van der Waals surface area contributed by atoms with E-state index in [1.165, 1.54) is 12.1 Å². The third-order valence-corrected chi connectivity index (χ3v) is 1.74. The van der Waals surface area contributed by atoms with Gasteiger partial charge in [-0.2, -0.15) is 0 Å². The van der Waals surface area contributed by atoms with Gasteiger partial charge in [0.2, 0.25) is 0 Å². The summed E-state index contributed by atoms with van der Waals surface area (Å²) in [4.78, 5) is 22.2. The zero-order valence-electron chi connectivity index (χ0n) is 6.52. The van der Waals surface area contributed by atoms with Gasteiger partial charge in [0.05, 0.1) is 11.1 Å². The lowest BCUT2D eigenvalue weighted by Gasteiger charge is -2.06. The molecule has 1 aliphatic rings. The van der Waals surface area contributed by atoms with Gasteiger partial charge in [-0.05, 0) is 18.2 Å². The van der Waals surface area contributed by atoms with Crippen molar-refractivity contribution < 1.29 is 9.59 Å². The van der Waals surface area contributed by atoms with Crippen molar-refractivity contribution in [1.82, 2.24) is 0 Å². The Balaban J connectivity index is 2.69. The minimum Gasteiger partial charge on any atom is -0.399 e. The predicted octanol–water partition coefficient (Wildman–Crippen LogP) is 1.02. The number of nitrogen functional groups attached to an aromatic ring is 1. The van der Waals surface area contributed by atoms with Crippen LogP contribution in [0.3, 0.4) is 0 Å². The van der Waals surface area contributed by atoms with Crippen LogP contribution in [0.25, 0.3) is 0 Å². The SMILES string of the molecule is Nc1ccc2c(c1)C(=O)N=NC2=O. The van der Waals surface area contributed by atoms with E-state index in [1.54, 1.807) is 6.07 Å². The molecule has 0 spiro atoms. The van der Waals surface area contributed by atoms with Crippen LogP contribution in [0.2, 0.25) is 0 Å². The Bertz CT molecular complexity index is 437. The van der Waals surface area contributed by atoms with Crippen molar-refractivity contribution in [3.63, 3.8) is 0 Å². The Hall–Kier alpha value is -2.04. The van der Waals surface area contributed by atoms with E-state index in [0.29, 0.717) is 5.69 Å². The number of carbonyl (C=O) groups excluding carboxylic acids is 2. The quantitative estimate of drug-likeness (QED) is 0.597. The van der Waals surface area contributed by atoms with Crippen LogP contribution < -0.4 is 5.73 Å². The summed E-state index contributed by atoms with van der Waals surface area (Å²) in [5.41, 5.74) is 6.36. The summed E-state index contributed by atoms with van der Waals surface area (Å²) in [5, 5.41) is 6.35. The van der Waals surface area contributed by atoms with Gasteiger partial charge in [0.25, 0.3) is 11.8 Å². The first-order valence-electron chi connectivity index (χ1n) is 3.58. The molecule has 1 aromatic rings. The molecule has 0 radical (unpaired) electrons. The van der Waals surface area contributed by atoms with Gasteiger partial charge in [0, 0.05) is 5.69 Å². The molecule has 5 nitrogen and oxygen atoms in total. The van der Waals surface area contributed by atoms with Gasteiger partial charge in [-0.3, -0.25) is 9.59 Å². The number of hydrogen-bond acceptors (Lipinski definition) is 3. The molecule has 2 rings (SSSR count). The number of nitrogens with zero attached hydrogens (tertiary/aromatic N) is 2. The maximum atomic E-state index is 11.1. The summed E-state index contributed by atoms with van der Waals surface area (Å²) in [6, 6.07) is 4.45. The van der Waals surface area contributed by atoms with E-state index in [-0.39, 0.29) is 11.1 Å². The summed E-state index contributed by atoms with van der Waals surface area (Å²) in [5.74, 6) is -1.03. The summed E-state index contributed by atoms with van der Waals surface area (Å²) in [6.45, 7) is 0. The van der Waals surface area contributed by atoms with Gasteiger partial charge in [-0.1, -0.05) is 0 Å². The summed E-state index contributed by atoms with van der Waals surface area (Å²) in [6.07, 6.45) is 0. The van der Waals surface area contributed by atoms with Crippen molar-refractivity contribution in [2.45, 2.75) is 0 Å². The molecule has 5 heteroatoms. The van der Waals surface area contributed by atoms with E-state index in [2.05, 4.69) is 10.2 Å². The maximum Gasteiger partial charge on any atom is 0.296 e. The van der Waals surface area contributed by atoms with Crippen molar-refractivity contribution in [3.05, 3.63) is 29.3 Å². The van der Waals surface area contributed by atoms with Crippen LogP contribution >= 0.6 is 0 Å². The lowest BCUT2D eigenvalue weighted by Crippen LogP contribution is -2.11. The molecule has 0 aromatic heterocycles. The smallest absolute Gasteiger partial charge is 0.296 e. The lowest BCUT2D eigenvalue weighted by atomic mass is 10.0. The maximum absolute atomic E-state index is 11.1. The number of rotatable bonds is 0. The molecule has 13 heavy (non-hydrogen) atoms. The van der Waals surface area contributed by atoms with E-state index < -0.39 is 11.8 Å². The number of azo groups is 1. The van der Waals surface area contributed by atoms with Crippen LogP contribution in [0, 0.1) is 0 Å². The summed E-state index contributed by atoms with van der Waals surface area (Å²) in [7, 11) is 0. The number of fused-ring (bicyclic) bond motifs is 1. The molecular weight excluding hydrogens is 170 g/mol. The largest absolute Gasteiger partial charge is 0.399 e. The second kappa shape index (κ2) is 2.48. The van der Waals surface area contributed by atoms with Crippen molar-refractivity contribution in [2.75, 3.05) is 5.73 Å². The van der Waals surface area contributed by atoms with Crippen molar-refractivity contribution in [2.24, 2.45) is 10.2 Å². The first-order valence-corrected chi connectivity index (χ1v) is 3.58. The van der Waals surface area contributed by atoms with Gasteiger partial charge < -0.3 is 5.73 Å². The minimum atomic E-state index is -0.526. The highest BCUT2D eigenvalue weighted by Crippen LogP contribution is 2.19. The molecule has 2 amide bonds. The average Bonchev–Trinajstić information content (AvgIpc) is 2.12. The zero-order chi connectivity index (χ0) is 9.42. The van der Waals surface area contributed by atoms with E-state index in [1.807, 2.05) is 0 Å². The molecule has 1 aromatic carbocycles. The number of nitrogens with two attached hydrogens (primary N) is 1. The molecule has 64 valence electrons. The van der Waals surface area contributed by atoms with Crippen molar-refractivity contribution in [3.8, 4) is 0 Å². The van der Waals surface area contributed by atoms with Crippen LogP contribution in [0.15, 0.2) is 28.4 Å². The van der Waals surface area contributed by atoms with Crippen LogP contribution in [0.5, 0.6) is 0 Å². The van der Waals surface area contributed by atoms with Gasteiger partial charge in [0.15, 0.2) is 0 Å². The standard InChI is InChI=1S/C8H5N3O2/c9-4-1-2-5-6(3-4)8(13)11-10-7(5)12/h1-3H,9H2. The third kappa shape index (κ3) is 1.10. The normalized spacial score (nSPS) is 14.5. The minimum absolute atomic E-state index is 0.222. The fourth-order valence-corrected chi connectivity index (χ4v) is 1.12. The topological polar surface area (TPSA) is 84.9 Å². The van der Waals surface area contributed by atoms with Crippen LogP contribution in [-0.4, -0.2) is 11.8 Å². The second-order valence-corrected chi connectivity index (χ2v) is 2.62. The molecule has 0 bridgehead atoms. The van der Waals surface area contributed by atoms with Crippen molar-refractivity contribution in [1.29, 1.82) is 0 Å². The van der Waals surface area contributed by atoms with Gasteiger partial charge >= 0.3 is 0 Å². The highest BCUT2D eigenvalue weighted by atomic mass is 16.2. The fraction of sp³-hybridized carbons (Fsp3) is 0. The van der Waals surface area contributed by atoms with Gasteiger partial charge in [-0.25, -0.2) is 0 Å². The first-order chi connectivity index (χ1) is 6.18. The van der Waals surface area contributed by atoms with Gasteiger partial charge in [-0.15, -0.1) is 10.2 Å². The molecule has 0 saturated carbocycles. The summed E-state index contributed by atoms with van der Waals surface area (Å²) < 4.78 is 0. The number of hydrogen-bond donors (Lipinski definition) is 1. The molecule has 1 aliphatic heterocycles. The molecule has 0 unspecified atom stereocenters. The van der Waals surface area contributed by atoms with Crippen LogP contribution in [0.4, 0.5) is 5.69 Å². The summed E-state index contributed by atoms with van der Waals surface area (Å²) >= 11 is 0. The highest BCUT2D eigenvalue weighted by Gasteiger charge is 2.21. The predicted molar refractivity (Wildman–Crippen MR) is 44.4 cm³/mol. The Morgan fingerprint density at radius 2 is 1.62 bits per heavy atom. The molecule has 0 saturated heterocycles. The lowest BCUT2D eigenvalue weighted by molar-refractivity contribution is 0.0921. The molecular formula is C8H5N3O2. The average molecular weight is 175 g/mol. The number of benzene rings is 1. The first kappa shape index (κ1) is 7.60. The zero-order valence-corrected chi connectivity index (χ0v) is 6.52. The number of amides is 2. The van der Waals surface area contributed by atoms with E-state index in [4.69, 9.17) is 5.73 Å². The Morgan fingerprint density at radius 3 is 2.31 bits per heavy atom. The molecule has 1 heterocycles. The van der Waals surface area contributed by atoms with E-state index in [9.17, 15) is 9.59 Å². The van der Waals surface area contributed by atoms with E-state index >= 15 is 0 Å². The van der Waals surface area contributed by atoms with Crippen LogP contribution in [0.1, 0.15) is 20.7 Å². The highest BCUT2D eigenvalue weighted by molar-refractivity contribution is 6.11. The number of anilines is 1. The molecule has 0 aliphatic carbocycles. The Morgan fingerprint density at radius 1 is 1.00 bits per heavy atom. The fourth-order valence-electron chi connectivity index (χ4n) is 1.12. The third-order valence-electron chi connectivity index (χ3n) is 1.74. The molecule has 0 atom stereocenters. The van der Waals surface area contributed by atoms with Crippen molar-refractivity contribution >= 4 is 17.5 Å². The second-order valence-electron chi connectivity index (χ2n) is 2.62. The Kier molecular flexibility index (Phi) is 1.45. The molecule has 0 fully saturated rings. The van der Waals surface area contributed by atoms with Gasteiger partial charge in [0.1, 0.15) is 0 Å².